The highest BCUT2D eigenvalue weighted by molar-refractivity contribution is 5.89. The molecule has 1 saturated heterocycles. The average molecular weight is 233 g/mol. The molecule has 0 aromatic heterocycles. The minimum absolute atomic E-state index is 0.0767. The predicted octanol–water partition coefficient (Wildman–Crippen LogP) is 0.326. The van der Waals surface area contributed by atoms with Gasteiger partial charge in [0, 0.05) is 13.5 Å². The van der Waals surface area contributed by atoms with Crippen molar-refractivity contribution in [2.45, 2.75) is 12.5 Å². The number of rotatable bonds is 2. The highest BCUT2D eigenvalue weighted by Crippen LogP contribution is 2.06. The van der Waals surface area contributed by atoms with Crippen LogP contribution in [0.5, 0.6) is 0 Å². The van der Waals surface area contributed by atoms with Gasteiger partial charge in [0.05, 0.1) is 6.67 Å². The molecule has 1 aromatic rings. The van der Waals surface area contributed by atoms with E-state index in [0.717, 1.165) is 5.56 Å². The maximum Gasteiger partial charge on any atom is 0.316 e. The van der Waals surface area contributed by atoms with Gasteiger partial charge in [-0.05, 0) is 5.56 Å². The van der Waals surface area contributed by atoms with Gasteiger partial charge in [0.1, 0.15) is 6.04 Å². The van der Waals surface area contributed by atoms with Gasteiger partial charge in [-0.25, -0.2) is 4.79 Å². The second kappa shape index (κ2) is 4.86. The number of urea groups is 1. The minimum atomic E-state index is -0.495. The van der Waals surface area contributed by atoms with Crippen molar-refractivity contribution in [2.75, 3.05) is 13.7 Å². The SMILES string of the molecule is CN1CNC(=O)N[C@@H](Cc2ccccc2)C1=O. The number of carbonyl (C=O) groups excluding carboxylic acids is 2. The zero-order chi connectivity index (χ0) is 12.3. The molecule has 5 heteroatoms. The molecule has 17 heavy (non-hydrogen) atoms. The second-order valence-corrected chi connectivity index (χ2v) is 4.09. The zero-order valence-corrected chi connectivity index (χ0v) is 9.64. The minimum Gasteiger partial charge on any atom is -0.326 e. The van der Waals surface area contributed by atoms with Crippen molar-refractivity contribution in [3.05, 3.63) is 35.9 Å². The van der Waals surface area contributed by atoms with Crippen LogP contribution in [0.1, 0.15) is 5.56 Å². The fourth-order valence-electron chi connectivity index (χ4n) is 1.79. The standard InChI is InChI=1S/C12H15N3O2/c1-15-8-13-12(17)14-10(11(15)16)7-9-5-3-2-4-6-9/h2-6,10H,7-8H2,1H3,(H2,13,14,17)/t10-/m0/s1. The molecular formula is C12H15N3O2. The van der Waals surface area contributed by atoms with Gasteiger partial charge in [-0.2, -0.15) is 0 Å². The molecule has 0 spiro atoms. The van der Waals surface area contributed by atoms with E-state index in [9.17, 15) is 9.59 Å². The van der Waals surface area contributed by atoms with E-state index in [-0.39, 0.29) is 18.6 Å². The maximum atomic E-state index is 12.0. The van der Waals surface area contributed by atoms with E-state index in [0.29, 0.717) is 6.42 Å². The van der Waals surface area contributed by atoms with Crippen molar-refractivity contribution in [1.82, 2.24) is 15.5 Å². The third kappa shape index (κ3) is 2.75. The Balaban J connectivity index is 2.12. The number of nitrogens with one attached hydrogen (secondary N) is 2. The van der Waals surface area contributed by atoms with Gasteiger partial charge < -0.3 is 15.5 Å². The number of benzene rings is 1. The molecule has 1 heterocycles. The molecular weight excluding hydrogens is 218 g/mol. The van der Waals surface area contributed by atoms with Crippen molar-refractivity contribution in [3.8, 4) is 0 Å². The number of hydrogen-bond donors (Lipinski definition) is 2. The molecule has 2 rings (SSSR count). The van der Waals surface area contributed by atoms with Crippen LogP contribution in [0.3, 0.4) is 0 Å². The number of carbonyl (C=O) groups is 2. The summed E-state index contributed by atoms with van der Waals surface area (Å²) in [6.07, 6.45) is 0.511. The Bertz CT molecular complexity index is 419. The van der Waals surface area contributed by atoms with E-state index in [1.807, 2.05) is 30.3 Å². The number of likely N-dealkylation sites (N-methyl/N-ethyl adjacent to an activating group) is 1. The van der Waals surface area contributed by atoms with Gasteiger partial charge in [0.2, 0.25) is 5.91 Å². The lowest BCUT2D eigenvalue weighted by Gasteiger charge is -2.18. The molecule has 0 bridgehead atoms. The molecule has 1 fully saturated rings. The fourth-order valence-corrected chi connectivity index (χ4v) is 1.79. The van der Waals surface area contributed by atoms with Gasteiger partial charge in [-0.1, -0.05) is 30.3 Å². The molecule has 0 saturated carbocycles. The van der Waals surface area contributed by atoms with Crippen molar-refractivity contribution < 1.29 is 9.59 Å². The number of nitrogens with zero attached hydrogens (tertiary/aromatic N) is 1. The summed E-state index contributed by atoms with van der Waals surface area (Å²) < 4.78 is 0. The van der Waals surface area contributed by atoms with Crippen molar-refractivity contribution in [1.29, 1.82) is 0 Å². The first-order valence-electron chi connectivity index (χ1n) is 5.50. The van der Waals surface area contributed by atoms with Gasteiger partial charge in [-0.15, -0.1) is 0 Å². The Morgan fingerprint density at radius 2 is 2.00 bits per heavy atom. The first-order chi connectivity index (χ1) is 8.16. The summed E-state index contributed by atoms with van der Waals surface area (Å²) in [4.78, 5) is 24.8. The van der Waals surface area contributed by atoms with Gasteiger partial charge >= 0.3 is 6.03 Å². The summed E-state index contributed by atoms with van der Waals surface area (Å²) >= 11 is 0. The van der Waals surface area contributed by atoms with Crippen LogP contribution in [0, 0.1) is 0 Å². The predicted molar refractivity (Wildman–Crippen MR) is 63.2 cm³/mol. The van der Waals surface area contributed by atoms with Crippen LogP contribution in [0.25, 0.3) is 0 Å². The largest absolute Gasteiger partial charge is 0.326 e. The normalized spacial score (nSPS) is 20.5. The highest BCUT2D eigenvalue weighted by Gasteiger charge is 2.27. The molecule has 0 aliphatic carbocycles. The second-order valence-electron chi connectivity index (χ2n) is 4.09. The van der Waals surface area contributed by atoms with Crippen LogP contribution < -0.4 is 10.6 Å². The van der Waals surface area contributed by atoms with Crippen LogP contribution in [-0.2, 0) is 11.2 Å². The van der Waals surface area contributed by atoms with Crippen LogP contribution in [0.4, 0.5) is 4.79 Å². The summed E-state index contributed by atoms with van der Waals surface area (Å²) in [6.45, 7) is 0.246. The number of hydrogen-bond acceptors (Lipinski definition) is 2. The molecule has 0 unspecified atom stereocenters. The summed E-state index contributed by atoms with van der Waals surface area (Å²) in [7, 11) is 1.67. The molecule has 1 aliphatic rings. The van der Waals surface area contributed by atoms with Crippen molar-refractivity contribution >= 4 is 11.9 Å². The van der Waals surface area contributed by atoms with Crippen LogP contribution in [-0.4, -0.2) is 36.6 Å². The summed E-state index contributed by atoms with van der Waals surface area (Å²) in [6, 6.07) is 8.84. The van der Waals surface area contributed by atoms with Gasteiger partial charge in [-0.3, -0.25) is 4.79 Å². The molecule has 2 N–H and O–H groups in total. The van der Waals surface area contributed by atoms with Crippen molar-refractivity contribution in [2.24, 2.45) is 0 Å². The summed E-state index contributed by atoms with van der Waals surface area (Å²) in [5, 5.41) is 5.26. The van der Waals surface area contributed by atoms with E-state index in [1.54, 1.807) is 7.05 Å². The zero-order valence-electron chi connectivity index (χ0n) is 9.64. The third-order valence-electron chi connectivity index (χ3n) is 2.74. The monoisotopic (exact) mass is 233 g/mol. The van der Waals surface area contributed by atoms with E-state index in [4.69, 9.17) is 0 Å². The topological polar surface area (TPSA) is 61.4 Å². The fraction of sp³-hybridized carbons (Fsp3) is 0.333. The lowest BCUT2D eigenvalue weighted by atomic mass is 10.1. The van der Waals surface area contributed by atoms with Crippen molar-refractivity contribution in [3.63, 3.8) is 0 Å². The molecule has 1 aromatic carbocycles. The summed E-state index contributed by atoms with van der Waals surface area (Å²) in [5.41, 5.74) is 1.03. The Kier molecular flexibility index (Phi) is 3.27. The van der Waals surface area contributed by atoms with E-state index in [1.165, 1.54) is 4.90 Å². The smallest absolute Gasteiger partial charge is 0.316 e. The molecule has 90 valence electrons. The lowest BCUT2D eigenvalue weighted by Crippen LogP contribution is -2.44. The average Bonchev–Trinajstić information content (AvgIpc) is 2.45. The van der Waals surface area contributed by atoms with Gasteiger partial charge in [0.15, 0.2) is 0 Å². The quantitative estimate of drug-likeness (QED) is 0.773. The Morgan fingerprint density at radius 3 is 2.71 bits per heavy atom. The van der Waals surface area contributed by atoms with Crippen LogP contribution in [0.2, 0.25) is 0 Å². The maximum absolute atomic E-state index is 12.0. The van der Waals surface area contributed by atoms with E-state index < -0.39 is 6.04 Å². The Labute approximate surface area is 99.8 Å². The van der Waals surface area contributed by atoms with E-state index in [2.05, 4.69) is 10.6 Å². The van der Waals surface area contributed by atoms with E-state index >= 15 is 0 Å². The molecule has 1 aliphatic heterocycles. The Morgan fingerprint density at radius 1 is 1.29 bits per heavy atom. The molecule has 3 amide bonds. The van der Waals surface area contributed by atoms with Crippen LogP contribution >= 0.6 is 0 Å². The molecule has 5 nitrogen and oxygen atoms in total. The first-order valence-corrected chi connectivity index (χ1v) is 5.50. The Hall–Kier alpha value is -2.04. The highest BCUT2D eigenvalue weighted by atomic mass is 16.2. The molecule has 1 atom stereocenters. The lowest BCUT2D eigenvalue weighted by molar-refractivity contribution is -0.131. The number of amides is 3. The summed E-state index contributed by atoms with van der Waals surface area (Å²) in [5.74, 6) is -0.0767. The molecule has 0 radical (unpaired) electrons. The third-order valence-corrected chi connectivity index (χ3v) is 2.74. The van der Waals surface area contributed by atoms with Gasteiger partial charge in [0.25, 0.3) is 0 Å². The first kappa shape index (κ1) is 11.4. The van der Waals surface area contributed by atoms with Crippen LogP contribution in [0.15, 0.2) is 30.3 Å².